The smallest absolute Gasteiger partial charge is 0.228 e. The first kappa shape index (κ1) is 16.6. The van der Waals surface area contributed by atoms with Gasteiger partial charge in [-0.3, -0.25) is 4.79 Å². The van der Waals surface area contributed by atoms with E-state index < -0.39 is 6.10 Å². The number of nitrogens with zero attached hydrogens (tertiary/aromatic N) is 3. The molecule has 1 saturated heterocycles. The number of aryl methyl sites for hydroxylation is 1. The van der Waals surface area contributed by atoms with Crippen LogP contribution in [-0.4, -0.2) is 44.7 Å². The minimum absolute atomic E-state index is 0.162. The zero-order valence-corrected chi connectivity index (χ0v) is 14.9. The van der Waals surface area contributed by atoms with Gasteiger partial charge in [0, 0.05) is 25.6 Å². The molecule has 1 N–H and O–H groups in total. The van der Waals surface area contributed by atoms with Crippen molar-refractivity contribution in [2.24, 2.45) is 5.92 Å². The van der Waals surface area contributed by atoms with Crippen molar-refractivity contribution >= 4 is 16.9 Å². The third kappa shape index (κ3) is 2.95. The van der Waals surface area contributed by atoms with Gasteiger partial charge in [0.15, 0.2) is 0 Å². The van der Waals surface area contributed by atoms with Crippen LogP contribution in [0.4, 0.5) is 0 Å². The van der Waals surface area contributed by atoms with Gasteiger partial charge < -0.3 is 14.6 Å². The zero-order valence-electron chi connectivity index (χ0n) is 14.9. The summed E-state index contributed by atoms with van der Waals surface area (Å²) in [4.78, 5) is 19.4. The maximum absolute atomic E-state index is 12.7. The van der Waals surface area contributed by atoms with E-state index in [2.05, 4.69) is 29.7 Å². The third-order valence-corrected chi connectivity index (χ3v) is 5.92. The van der Waals surface area contributed by atoms with E-state index in [-0.39, 0.29) is 11.8 Å². The van der Waals surface area contributed by atoms with Crippen molar-refractivity contribution in [1.29, 1.82) is 0 Å². The summed E-state index contributed by atoms with van der Waals surface area (Å²) in [6.07, 6.45) is 4.98. The Morgan fingerprint density at radius 2 is 1.96 bits per heavy atom. The minimum Gasteiger partial charge on any atom is -0.392 e. The van der Waals surface area contributed by atoms with Gasteiger partial charge in [0.2, 0.25) is 5.91 Å². The molecular formula is C20H27N3O2. The summed E-state index contributed by atoms with van der Waals surface area (Å²) < 4.78 is 2.39. The molecule has 1 aromatic carbocycles. The summed E-state index contributed by atoms with van der Waals surface area (Å²) in [7, 11) is 0. The predicted octanol–water partition coefficient (Wildman–Crippen LogP) is 2.92. The van der Waals surface area contributed by atoms with E-state index in [1.54, 1.807) is 0 Å². The number of aliphatic hydroxyl groups is 1. The number of rotatable bonds is 3. The second-order valence-electron chi connectivity index (χ2n) is 7.40. The summed E-state index contributed by atoms with van der Waals surface area (Å²) in [5.41, 5.74) is 2.27. The van der Waals surface area contributed by atoms with E-state index in [0.717, 1.165) is 63.0 Å². The topological polar surface area (TPSA) is 58.4 Å². The number of benzene rings is 1. The summed E-state index contributed by atoms with van der Waals surface area (Å²) >= 11 is 0. The van der Waals surface area contributed by atoms with Crippen LogP contribution in [-0.2, 0) is 11.2 Å². The number of aromatic nitrogens is 2. The highest BCUT2D eigenvalue weighted by atomic mass is 16.3. The number of aliphatic hydroxyl groups excluding tert-OH is 1. The monoisotopic (exact) mass is 341 g/mol. The number of likely N-dealkylation sites (tertiary alicyclic amines) is 1. The number of amides is 1. The maximum atomic E-state index is 12.7. The van der Waals surface area contributed by atoms with Crippen LogP contribution in [0.3, 0.4) is 0 Å². The van der Waals surface area contributed by atoms with Gasteiger partial charge in [-0.15, -0.1) is 0 Å². The lowest BCUT2D eigenvalue weighted by molar-refractivity contribution is -0.139. The second kappa shape index (κ2) is 6.79. The Morgan fingerprint density at radius 1 is 1.20 bits per heavy atom. The van der Waals surface area contributed by atoms with Crippen molar-refractivity contribution < 1.29 is 9.90 Å². The Hall–Kier alpha value is -1.88. The molecule has 4 rings (SSSR count). The highest BCUT2D eigenvalue weighted by Gasteiger charge is 2.36. The number of piperidine rings is 1. The Bertz CT molecular complexity index is 761. The summed E-state index contributed by atoms with van der Waals surface area (Å²) in [6.45, 7) is 3.71. The Balaban J connectivity index is 1.50. The number of para-hydroxylation sites is 2. The van der Waals surface area contributed by atoms with Gasteiger partial charge in [0.25, 0.3) is 0 Å². The molecule has 1 saturated carbocycles. The van der Waals surface area contributed by atoms with Gasteiger partial charge in [0.1, 0.15) is 5.82 Å². The zero-order chi connectivity index (χ0) is 17.4. The fourth-order valence-electron chi connectivity index (χ4n) is 4.56. The molecule has 1 aliphatic carbocycles. The summed E-state index contributed by atoms with van der Waals surface area (Å²) in [5.74, 6) is 1.13. The molecule has 5 nitrogen and oxygen atoms in total. The third-order valence-electron chi connectivity index (χ3n) is 5.92. The van der Waals surface area contributed by atoms with Gasteiger partial charge in [-0.2, -0.15) is 0 Å². The first-order chi connectivity index (χ1) is 12.2. The molecule has 0 spiro atoms. The van der Waals surface area contributed by atoms with Crippen molar-refractivity contribution in [2.75, 3.05) is 13.1 Å². The molecule has 2 aromatic rings. The molecule has 2 atom stereocenters. The largest absolute Gasteiger partial charge is 0.392 e. The highest BCUT2D eigenvalue weighted by molar-refractivity contribution is 5.80. The van der Waals surface area contributed by atoms with Crippen LogP contribution >= 0.6 is 0 Å². The quantitative estimate of drug-likeness (QED) is 0.934. The van der Waals surface area contributed by atoms with E-state index in [4.69, 9.17) is 4.98 Å². The number of hydrogen-bond donors (Lipinski definition) is 1. The fraction of sp³-hybridized carbons (Fsp3) is 0.600. The normalized spacial score (nSPS) is 25.0. The van der Waals surface area contributed by atoms with E-state index in [0.29, 0.717) is 6.04 Å². The van der Waals surface area contributed by atoms with Crippen molar-refractivity contribution in [3.05, 3.63) is 30.1 Å². The fourth-order valence-corrected chi connectivity index (χ4v) is 4.56. The Labute approximate surface area is 148 Å². The summed E-state index contributed by atoms with van der Waals surface area (Å²) in [6, 6.07) is 8.73. The van der Waals surface area contributed by atoms with Crippen LogP contribution in [0.1, 0.15) is 50.9 Å². The number of carbonyl (C=O) groups excluding carboxylic acids is 1. The van der Waals surface area contributed by atoms with Gasteiger partial charge in [-0.05, 0) is 44.2 Å². The van der Waals surface area contributed by atoms with Gasteiger partial charge in [-0.1, -0.05) is 19.1 Å². The molecule has 2 heterocycles. The number of fused-ring (bicyclic) bond motifs is 1. The maximum Gasteiger partial charge on any atom is 0.228 e. The van der Waals surface area contributed by atoms with Crippen molar-refractivity contribution in [3.8, 4) is 0 Å². The van der Waals surface area contributed by atoms with Crippen LogP contribution in [0.2, 0.25) is 0 Å². The van der Waals surface area contributed by atoms with Crippen LogP contribution in [0.5, 0.6) is 0 Å². The molecule has 2 unspecified atom stereocenters. The van der Waals surface area contributed by atoms with Crippen molar-refractivity contribution in [2.45, 2.75) is 57.6 Å². The Morgan fingerprint density at radius 3 is 2.64 bits per heavy atom. The van der Waals surface area contributed by atoms with Crippen LogP contribution in [0, 0.1) is 5.92 Å². The SMILES string of the molecule is CCc1nc2ccccc2n1C1CCN(C(=O)C2CCCC2O)CC1. The lowest BCUT2D eigenvalue weighted by Crippen LogP contribution is -2.44. The molecule has 25 heavy (non-hydrogen) atoms. The van der Waals surface area contributed by atoms with Gasteiger partial charge in [0.05, 0.1) is 23.1 Å². The van der Waals surface area contributed by atoms with Crippen LogP contribution in [0.25, 0.3) is 11.0 Å². The molecule has 1 aromatic heterocycles. The number of carbonyl (C=O) groups is 1. The Kier molecular flexibility index (Phi) is 4.50. The number of imidazole rings is 1. The molecule has 1 aliphatic heterocycles. The standard InChI is InChI=1S/C20H27N3O2/c1-2-19-21-16-7-3-4-8-17(16)23(19)14-10-12-22(13-11-14)20(25)15-6-5-9-18(15)24/h3-4,7-8,14-15,18,24H,2,5-6,9-13H2,1H3. The minimum atomic E-state index is -0.436. The molecule has 134 valence electrons. The molecule has 2 aliphatic rings. The van der Waals surface area contributed by atoms with E-state index >= 15 is 0 Å². The first-order valence-corrected chi connectivity index (χ1v) is 9.61. The van der Waals surface area contributed by atoms with E-state index in [9.17, 15) is 9.90 Å². The van der Waals surface area contributed by atoms with Crippen molar-refractivity contribution in [1.82, 2.24) is 14.5 Å². The number of hydrogen-bond acceptors (Lipinski definition) is 3. The van der Waals surface area contributed by atoms with Gasteiger partial charge in [-0.25, -0.2) is 4.98 Å². The van der Waals surface area contributed by atoms with E-state index in [1.165, 1.54) is 5.52 Å². The molecule has 5 heteroatoms. The highest BCUT2D eigenvalue weighted by Crippen LogP contribution is 2.32. The molecule has 0 bridgehead atoms. The average Bonchev–Trinajstić information content (AvgIpc) is 3.24. The average molecular weight is 341 g/mol. The van der Waals surface area contributed by atoms with Gasteiger partial charge >= 0.3 is 0 Å². The molecule has 2 fully saturated rings. The van der Waals surface area contributed by atoms with Crippen LogP contribution in [0.15, 0.2) is 24.3 Å². The lowest BCUT2D eigenvalue weighted by atomic mass is 9.99. The van der Waals surface area contributed by atoms with Crippen molar-refractivity contribution in [3.63, 3.8) is 0 Å². The molecule has 1 amide bonds. The second-order valence-corrected chi connectivity index (χ2v) is 7.40. The summed E-state index contributed by atoms with van der Waals surface area (Å²) in [5, 5.41) is 10.0. The molecule has 0 radical (unpaired) electrons. The van der Waals surface area contributed by atoms with E-state index in [1.807, 2.05) is 11.0 Å². The molecular weight excluding hydrogens is 314 g/mol. The first-order valence-electron chi connectivity index (χ1n) is 9.61. The lowest BCUT2D eigenvalue weighted by Gasteiger charge is -2.35. The van der Waals surface area contributed by atoms with Crippen LogP contribution < -0.4 is 0 Å². The predicted molar refractivity (Wildman–Crippen MR) is 97.3 cm³/mol.